The molecule has 0 bridgehead atoms. The van der Waals surface area contributed by atoms with E-state index in [0.717, 1.165) is 12.8 Å². The van der Waals surface area contributed by atoms with Crippen molar-refractivity contribution in [1.82, 2.24) is 15.5 Å². The van der Waals surface area contributed by atoms with Crippen molar-refractivity contribution >= 4 is 12.0 Å². The summed E-state index contributed by atoms with van der Waals surface area (Å²) in [5, 5.41) is 14.4. The van der Waals surface area contributed by atoms with Gasteiger partial charge in [0.15, 0.2) is 0 Å². The molecule has 6 nitrogen and oxygen atoms in total. The molecule has 0 aromatic heterocycles. The smallest absolute Gasteiger partial charge is 0.314 e. The second-order valence-electron chi connectivity index (χ2n) is 5.96. The van der Waals surface area contributed by atoms with E-state index in [9.17, 15) is 9.59 Å². The Bertz CT molecular complexity index is 341. The number of carboxylic acid groups (broad SMARTS) is 1. The second-order valence-corrected chi connectivity index (χ2v) is 5.96. The van der Waals surface area contributed by atoms with Crippen LogP contribution in [0.1, 0.15) is 39.0 Å². The van der Waals surface area contributed by atoms with E-state index in [2.05, 4.69) is 15.5 Å². The molecule has 1 unspecified atom stereocenters. The van der Waals surface area contributed by atoms with E-state index in [0.29, 0.717) is 25.9 Å². The Hall–Kier alpha value is -1.30. The third kappa shape index (κ3) is 4.67. The van der Waals surface area contributed by atoms with Crippen molar-refractivity contribution in [2.45, 2.75) is 44.6 Å². The van der Waals surface area contributed by atoms with Gasteiger partial charge in [0.1, 0.15) is 0 Å². The summed E-state index contributed by atoms with van der Waals surface area (Å²) in [5.74, 6) is -1.14. The number of aliphatic carboxylic acids is 1. The van der Waals surface area contributed by atoms with Gasteiger partial charge in [-0.1, -0.05) is 6.92 Å². The van der Waals surface area contributed by atoms with Crippen molar-refractivity contribution in [2.24, 2.45) is 5.92 Å². The average molecular weight is 285 g/mol. The van der Waals surface area contributed by atoms with Gasteiger partial charge >= 0.3 is 12.0 Å². The van der Waals surface area contributed by atoms with E-state index in [1.54, 1.807) is 6.92 Å². The summed E-state index contributed by atoms with van der Waals surface area (Å²) in [5.41, 5.74) is 0.120. The van der Waals surface area contributed by atoms with Crippen molar-refractivity contribution < 1.29 is 14.7 Å². The third-order valence-electron chi connectivity index (χ3n) is 4.33. The van der Waals surface area contributed by atoms with Crippen LogP contribution in [0.5, 0.6) is 0 Å². The van der Waals surface area contributed by atoms with Crippen LogP contribution in [0.2, 0.25) is 0 Å². The Kier molecular flexibility index (Phi) is 6.26. The lowest BCUT2D eigenvalue weighted by Crippen LogP contribution is -2.58. The van der Waals surface area contributed by atoms with Crippen LogP contribution < -0.4 is 10.6 Å². The number of carboxylic acids is 1. The topological polar surface area (TPSA) is 81.7 Å². The molecule has 1 aliphatic rings. The van der Waals surface area contributed by atoms with Crippen LogP contribution in [0.4, 0.5) is 4.79 Å². The van der Waals surface area contributed by atoms with E-state index < -0.39 is 5.97 Å². The summed E-state index contributed by atoms with van der Waals surface area (Å²) < 4.78 is 0. The molecule has 3 N–H and O–H groups in total. The first kappa shape index (κ1) is 16.8. The summed E-state index contributed by atoms with van der Waals surface area (Å²) in [6.07, 6.45) is 4.72. The number of rotatable bonds is 8. The molecule has 6 heteroatoms. The second kappa shape index (κ2) is 7.47. The van der Waals surface area contributed by atoms with Gasteiger partial charge in [0.2, 0.25) is 0 Å². The van der Waals surface area contributed by atoms with Gasteiger partial charge in [-0.3, -0.25) is 4.79 Å². The van der Waals surface area contributed by atoms with Crippen molar-refractivity contribution in [3.05, 3.63) is 0 Å². The largest absolute Gasteiger partial charge is 0.481 e. The number of hydrogen-bond acceptors (Lipinski definition) is 3. The number of hydrogen-bond donors (Lipinski definition) is 3. The minimum atomic E-state index is -0.785. The molecule has 1 atom stereocenters. The Morgan fingerprint density at radius 2 is 1.95 bits per heavy atom. The molecule has 0 spiro atoms. The predicted molar refractivity (Wildman–Crippen MR) is 77.7 cm³/mol. The highest BCUT2D eigenvalue weighted by Crippen LogP contribution is 2.35. The number of carbonyl (C=O) groups excluding carboxylic acids is 1. The number of urea groups is 1. The number of amides is 2. The quantitative estimate of drug-likeness (QED) is 0.587. The highest BCUT2D eigenvalue weighted by atomic mass is 16.4. The highest BCUT2D eigenvalue weighted by molar-refractivity contribution is 5.74. The molecule has 2 amide bonds. The summed E-state index contributed by atoms with van der Waals surface area (Å²) in [6, 6.07) is -0.166. The lowest BCUT2D eigenvalue weighted by atomic mass is 9.75. The van der Waals surface area contributed by atoms with Crippen LogP contribution in [0.3, 0.4) is 0 Å². The van der Waals surface area contributed by atoms with E-state index in [1.807, 2.05) is 14.1 Å². The maximum absolute atomic E-state index is 11.7. The summed E-state index contributed by atoms with van der Waals surface area (Å²) in [7, 11) is 4.10. The molecular weight excluding hydrogens is 258 g/mol. The number of nitrogens with one attached hydrogen (secondary N) is 2. The van der Waals surface area contributed by atoms with Crippen LogP contribution in [0.15, 0.2) is 0 Å². The number of nitrogens with zero attached hydrogens (tertiary/aromatic N) is 1. The average Bonchev–Trinajstić information content (AvgIpc) is 2.32. The molecule has 0 heterocycles. The first-order valence-corrected chi connectivity index (χ1v) is 7.29. The number of carbonyl (C=O) groups is 2. The fourth-order valence-corrected chi connectivity index (χ4v) is 2.41. The number of likely N-dealkylation sites (N-methyl/N-ethyl adjacent to an activating group) is 1. The van der Waals surface area contributed by atoms with Crippen LogP contribution in [0, 0.1) is 5.92 Å². The Labute approximate surface area is 120 Å². The lowest BCUT2D eigenvalue weighted by molar-refractivity contribution is -0.141. The van der Waals surface area contributed by atoms with Crippen LogP contribution >= 0.6 is 0 Å². The standard InChI is InChI=1S/C14H27N3O3/c1-11(12(18)19)6-4-9-15-13(20)16-10-14(17(2)3)7-5-8-14/h11H,4-10H2,1-3H3,(H,18,19)(H2,15,16,20). The fourth-order valence-electron chi connectivity index (χ4n) is 2.41. The predicted octanol–water partition coefficient (Wildman–Crippen LogP) is 1.27. The maximum atomic E-state index is 11.7. The van der Waals surface area contributed by atoms with Crippen LogP contribution in [-0.2, 0) is 4.79 Å². The Morgan fingerprint density at radius 3 is 2.40 bits per heavy atom. The van der Waals surface area contributed by atoms with E-state index in [4.69, 9.17) is 5.11 Å². The van der Waals surface area contributed by atoms with Gasteiger partial charge in [0.25, 0.3) is 0 Å². The first-order chi connectivity index (χ1) is 9.37. The summed E-state index contributed by atoms with van der Waals surface area (Å²) in [6.45, 7) is 2.86. The van der Waals surface area contributed by atoms with E-state index in [-0.39, 0.29) is 17.5 Å². The molecule has 116 valence electrons. The molecular formula is C14H27N3O3. The van der Waals surface area contributed by atoms with Gasteiger partial charge < -0.3 is 20.6 Å². The zero-order chi connectivity index (χ0) is 15.2. The van der Waals surface area contributed by atoms with Gasteiger partial charge in [-0.05, 0) is 46.2 Å². The van der Waals surface area contributed by atoms with Crippen LogP contribution in [0.25, 0.3) is 0 Å². The maximum Gasteiger partial charge on any atom is 0.314 e. The van der Waals surface area contributed by atoms with Gasteiger partial charge in [0.05, 0.1) is 5.92 Å². The summed E-state index contributed by atoms with van der Waals surface area (Å²) >= 11 is 0. The molecule has 1 fully saturated rings. The molecule has 0 aromatic carbocycles. The molecule has 1 aliphatic carbocycles. The Balaban J connectivity index is 2.13. The molecule has 0 aromatic rings. The minimum absolute atomic E-state index is 0.120. The van der Waals surface area contributed by atoms with E-state index in [1.165, 1.54) is 6.42 Å². The zero-order valence-corrected chi connectivity index (χ0v) is 12.7. The van der Waals surface area contributed by atoms with Crippen molar-refractivity contribution in [2.75, 3.05) is 27.2 Å². The molecule has 0 aliphatic heterocycles. The van der Waals surface area contributed by atoms with Gasteiger partial charge in [-0.2, -0.15) is 0 Å². The minimum Gasteiger partial charge on any atom is -0.481 e. The Morgan fingerprint density at radius 1 is 1.30 bits per heavy atom. The lowest BCUT2D eigenvalue weighted by Gasteiger charge is -2.47. The van der Waals surface area contributed by atoms with Crippen molar-refractivity contribution in [1.29, 1.82) is 0 Å². The van der Waals surface area contributed by atoms with E-state index >= 15 is 0 Å². The van der Waals surface area contributed by atoms with Gasteiger partial charge in [-0.25, -0.2) is 4.79 Å². The first-order valence-electron chi connectivity index (χ1n) is 7.29. The molecule has 0 radical (unpaired) electrons. The normalized spacial score (nSPS) is 18.2. The SMILES string of the molecule is CC(CCCNC(=O)NCC1(N(C)C)CCC1)C(=O)O. The fraction of sp³-hybridized carbons (Fsp3) is 0.857. The summed E-state index contributed by atoms with van der Waals surface area (Å²) in [4.78, 5) is 24.5. The van der Waals surface area contributed by atoms with Crippen molar-refractivity contribution in [3.8, 4) is 0 Å². The third-order valence-corrected chi connectivity index (χ3v) is 4.33. The van der Waals surface area contributed by atoms with Gasteiger partial charge in [0, 0.05) is 18.6 Å². The molecule has 0 saturated heterocycles. The molecule has 20 heavy (non-hydrogen) atoms. The molecule has 1 rings (SSSR count). The van der Waals surface area contributed by atoms with Crippen molar-refractivity contribution in [3.63, 3.8) is 0 Å². The van der Waals surface area contributed by atoms with Gasteiger partial charge in [-0.15, -0.1) is 0 Å². The zero-order valence-electron chi connectivity index (χ0n) is 12.7. The highest BCUT2D eigenvalue weighted by Gasteiger charge is 2.39. The molecule has 1 saturated carbocycles. The van der Waals surface area contributed by atoms with Crippen LogP contribution in [-0.4, -0.2) is 54.7 Å². The monoisotopic (exact) mass is 285 g/mol.